The molecule has 0 bridgehead atoms. The minimum atomic E-state index is -0.507. The van der Waals surface area contributed by atoms with Gasteiger partial charge in [0.1, 0.15) is 11.6 Å². The number of methoxy groups -OCH3 is 1. The second kappa shape index (κ2) is 8.70. The van der Waals surface area contributed by atoms with Gasteiger partial charge in [-0.1, -0.05) is 6.92 Å². The van der Waals surface area contributed by atoms with Crippen molar-refractivity contribution in [3.05, 3.63) is 33.8 Å². The highest BCUT2D eigenvalue weighted by Crippen LogP contribution is 2.23. The predicted molar refractivity (Wildman–Crippen MR) is 80.9 cm³/mol. The van der Waals surface area contributed by atoms with Crippen LogP contribution >= 0.6 is 15.9 Å². The van der Waals surface area contributed by atoms with Crippen molar-refractivity contribution >= 4 is 15.9 Å². The van der Waals surface area contributed by atoms with Gasteiger partial charge in [0.05, 0.1) is 10.6 Å². The van der Waals surface area contributed by atoms with Crippen LogP contribution in [0.4, 0.5) is 8.78 Å². The maximum Gasteiger partial charge on any atom is 0.143 e. The van der Waals surface area contributed by atoms with E-state index in [2.05, 4.69) is 21.2 Å². The Morgan fingerprint density at radius 2 is 2.00 bits per heavy atom. The molecule has 1 rings (SSSR count). The molecule has 0 spiro atoms. The molecule has 20 heavy (non-hydrogen) atoms. The maximum atomic E-state index is 14.0. The number of rotatable bonds is 8. The zero-order valence-electron chi connectivity index (χ0n) is 12.2. The van der Waals surface area contributed by atoms with Crippen LogP contribution in [0.2, 0.25) is 0 Å². The highest BCUT2D eigenvalue weighted by molar-refractivity contribution is 9.10. The van der Waals surface area contributed by atoms with Gasteiger partial charge >= 0.3 is 0 Å². The summed E-state index contributed by atoms with van der Waals surface area (Å²) in [4.78, 5) is 0. The molecular formula is C15H22BrF2NO. The quantitative estimate of drug-likeness (QED) is 0.714. The van der Waals surface area contributed by atoms with Crippen LogP contribution in [-0.4, -0.2) is 25.8 Å². The fraction of sp³-hybridized carbons (Fsp3) is 0.600. The van der Waals surface area contributed by atoms with E-state index in [1.807, 2.05) is 13.8 Å². The Labute approximate surface area is 128 Å². The first-order chi connectivity index (χ1) is 9.49. The Morgan fingerprint density at radius 3 is 2.60 bits per heavy atom. The molecule has 0 aliphatic rings. The molecule has 2 nitrogen and oxygen atoms in total. The highest BCUT2D eigenvalue weighted by atomic mass is 79.9. The molecule has 5 heteroatoms. The summed E-state index contributed by atoms with van der Waals surface area (Å²) in [5.41, 5.74) is 0.135. The number of benzene rings is 1. The van der Waals surface area contributed by atoms with Gasteiger partial charge < -0.3 is 10.1 Å². The van der Waals surface area contributed by atoms with Gasteiger partial charge in [-0.05, 0) is 60.8 Å². The molecule has 1 aromatic carbocycles. The molecule has 0 radical (unpaired) electrons. The number of hydrogen-bond acceptors (Lipinski definition) is 2. The summed E-state index contributed by atoms with van der Waals surface area (Å²) >= 11 is 3.10. The Morgan fingerprint density at radius 1 is 1.30 bits per heavy atom. The molecule has 0 aliphatic heterocycles. The summed E-state index contributed by atoms with van der Waals surface area (Å²) in [6.45, 7) is 4.74. The van der Waals surface area contributed by atoms with Crippen molar-refractivity contribution in [3.63, 3.8) is 0 Å². The zero-order chi connectivity index (χ0) is 15.1. The van der Waals surface area contributed by atoms with Gasteiger partial charge in [0, 0.05) is 18.7 Å². The Bertz CT molecular complexity index is 429. The number of halogens is 3. The Kier molecular flexibility index (Phi) is 7.62. The molecule has 0 amide bonds. The lowest BCUT2D eigenvalue weighted by Crippen LogP contribution is -2.32. The van der Waals surface area contributed by atoms with Gasteiger partial charge in [-0.25, -0.2) is 8.78 Å². The van der Waals surface area contributed by atoms with E-state index >= 15 is 0 Å². The third-order valence-corrected chi connectivity index (χ3v) is 4.02. The molecule has 0 fully saturated rings. The average molecular weight is 350 g/mol. The van der Waals surface area contributed by atoms with Gasteiger partial charge in [0.25, 0.3) is 0 Å². The summed E-state index contributed by atoms with van der Waals surface area (Å²) in [7, 11) is 1.67. The van der Waals surface area contributed by atoms with Crippen molar-refractivity contribution in [2.75, 3.05) is 13.7 Å². The maximum absolute atomic E-state index is 14.0. The van der Waals surface area contributed by atoms with Gasteiger partial charge in [0.15, 0.2) is 0 Å². The van der Waals surface area contributed by atoms with E-state index in [1.54, 1.807) is 7.11 Å². The van der Waals surface area contributed by atoms with Gasteiger partial charge in [-0.3, -0.25) is 0 Å². The molecule has 0 aromatic heterocycles. The largest absolute Gasteiger partial charge is 0.382 e. The number of hydrogen-bond donors (Lipinski definition) is 1. The van der Waals surface area contributed by atoms with Crippen molar-refractivity contribution in [1.82, 2.24) is 5.32 Å². The molecule has 0 heterocycles. The van der Waals surface area contributed by atoms with E-state index in [1.165, 1.54) is 12.1 Å². The molecule has 0 aliphatic carbocycles. The minimum absolute atomic E-state index is 0.0379. The SMILES string of the molecule is CCNC(CCC(C)OC)Cc1c(F)ccc(Br)c1F. The van der Waals surface area contributed by atoms with Crippen LogP contribution in [-0.2, 0) is 11.2 Å². The average Bonchev–Trinajstić information content (AvgIpc) is 2.44. The second-order valence-corrected chi connectivity index (χ2v) is 5.76. The Hall–Kier alpha value is -0.520. The predicted octanol–water partition coefficient (Wildman–Crippen LogP) is 4.06. The molecule has 1 aromatic rings. The number of nitrogens with one attached hydrogen (secondary N) is 1. The lowest BCUT2D eigenvalue weighted by molar-refractivity contribution is 0.106. The summed E-state index contributed by atoms with van der Waals surface area (Å²) in [6.07, 6.45) is 2.15. The Balaban J connectivity index is 2.77. The van der Waals surface area contributed by atoms with E-state index < -0.39 is 11.6 Å². The first-order valence-corrected chi connectivity index (χ1v) is 7.67. The summed E-state index contributed by atoms with van der Waals surface area (Å²) in [5, 5.41) is 3.28. The van der Waals surface area contributed by atoms with Crippen molar-refractivity contribution in [2.45, 2.75) is 45.3 Å². The monoisotopic (exact) mass is 349 g/mol. The van der Waals surface area contributed by atoms with Crippen LogP contribution in [0.1, 0.15) is 32.3 Å². The lowest BCUT2D eigenvalue weighted by Gasteiger charge is -2.20. The fourth-order valence-corrected chi connectivity index (χ4v) is 2.49. The smallest absolute Gasteiger partial charge is 0.143 e. The second-order valence-electron chi connectivity index (χ2n) is 4.90. The summed E-state index contributed by atoms with van der Waals surface area (Å²) in [5.74, 6) is -0.999. The van der Waals surface area contributed by atoms with E-state index in [0.29, 0.717) is 10.9 Å². The van der Waals surface area contributed by atoms with E-state index in [0.717, 1.165) is 19.4 Å². The third kappa shape index (κ3) is 5.11. The van der Waals surface area contributed by atoms with Crippen LogP contribution in [0.3, 0.4) is 0 Å². The zero-order valence-corrected chi connectivity index (χ0v) is 13.8. The van der Waals surface area contributed by atoms with Crippen molar-refractivity contribution in [2.24, 2.45) is 0 Å². The topological polar surface area (TPSA) is 21.3 Å². The summed E-state index contributed by atoms with van der Waals surface area (Å²) in [6, 6.07) is 2.73. The molecule has 0 saturated heterocycles. The van der Waals surface area contributed by atoms with Crippen LogP contribution in [0.25, 0.3) is 0 Å². The van der Waals surface area contributed by atoms with E-state index in [-0.39, 0.29) is 17.7 Å². The normalized spacial score (nSPS) is 14.3. The van der Waals surface area contributed by atoms with Crippen LogP contribution in [0.5, 0.6) is 0 Å². The van der Waals surface area contributed by atoms with Gasteiger partial charge in [0.2, 0.25) is 0 Å². The van der Waals surface area contributed by atoms with Crippen molar-refractivity contribution < 1.29 is 13.5 Å². The van der Waals surface area contributed by atoms with Crippen LogP contribution < -0.4 is 5.32 Å². The molecule has 114 valence electrons. The number of ether oxygens (including phenoxy) is 1. The standard InChI is InChI=1S/C15H22BrF2NO/c1-4-19-11(6-5-10(2)20-3)9-12-14(17)8-7-13(16)15(12)18/h7-8,10-11,19H,4-6,9H2,1-3H3. The molecule has 2 unspecified atom stereocenters. The highest BCUT2D eigenvalue weighted by Gasteiger charge is 2.18. The third-order valence-electron chi connectivity index (χ3n) is 3.41. The fourth-order valence-electron chi connectivity index (χ4n) is 2.12. The lowest BCUT2D eigenvalue weighted by atomic mass is 9.99. The van der Waals surface area contributed by atoms with Crippen LogP contribution in [0.15, 0.2) is 16.6 Å². The molecule has 2 atom stereocenters. The van der Waals surface area contributed by atoms with E-state index in [9.17, 15) is 8.78 Å². The van der Waals surface area contributed by atoms with Crippen LogP contribution in [0, 0.1) is 11.6 Å². The molecular weight excluding hydrogens is 328 g/mol. The van der Waals surface area contributed by atoms with Gasteiger partial charge in [-0.15, -0.1) is 0 Å². The molecule has 0 saturated carbocycles. The van der Waals surface area contributed by atoms with Crippen molar-refractivity contribution in [3.8, 4) is 0 Å². The summed E-state index contributed by atoms with van der Waals surface area (Å²) < 4.78 is 33.3. The first-order valence-electron chi connectivity index (χ1n) is 6.88. The molecule has 1 N–H and O–H groups in total. The van der Waals surface area contributed by atoms with E-state index in [4.69, 9.17) is 4.74 Å². The van der Waals surface area contributed by atoms with Crippen molar-refractivity contribution in [1.29, 1.82) is 0 Å². The van der Waals surface area contributed by atoms with Gasteiger partial charge in [-0.2, -0.15) is 0 Å². The number of likely N-dealkylation sites (N-methyl/N-ethyl adjacent to an activating group) is 1. The first kappa shape index (κ1) is 17.5. The minimum Gasteiger partial charge on any atom is -0.382 e.